The largest absolute Gasteiger partial charge is 0.435 e. The van der Waals surface area contributed by atoms with Crippen LogP contribution in [0.25, 0.3) is 0 Å². The van der Waals surface area contributed by atoms with Crippen LogP contribution in [0.1, 0.15) is 30.1 Å². The highest BCUT2D eigenvalue weighted by Gasteiger charge is 2.40. The molecule has 0 amide bonds. The van der Waals surface area contributed by atoms with E-state index in [0.29, 0.717) is 40.6 Å². The number of ether oxygens (including phenoxy) is 1. The second-order valence-electron chi connectivity index (χ2n) is 9.90. The number of halogens is 3. The van der Waals surface area contributed by atoms with E-state index in [1.54, 1.807) is 52.3 Å². The quantitative estimate of drug-likeness (QED) is 0.314. The molecule has 1 saturated heterocycles. The number of carbonyl (C=O) groups excluding carboxylic acids is 1. The average Bonchev–Trinajstić information content (AvgIpc) is 3.29. The molecule has 2 aliphatic rings. The highest BCUT2D eigenvalue weighted by Crippen LogP contribution is 2.50. The second-order valence-corrected chi connectivity index (χ2v) is 12.1. The molecule has 3 aromatic carbocycles. The van der Waals surface area contributed by atoms with Crippen molar-refractivity contribution in [2.24, 2.45) is 5.41 Å². The van der Waals surface area contributed by atoms with Crippen LogP contribution in [-0.2, 0) is 9.84 Å². The molecule has 3 aromatic rings. The third-order valence-corrected chi connectivity index (χ3v) is 8.82. The molecular weight excluding hydrogens is 517 g/mol. The predicted octanol–water partition coefficient (Wildman–Crippen LogP) is 6.59. The summed E-state index contributed by atoms with van der Waals surface area (Å²) in [6.45, 7) is 3.03. The van der Waals surface area contributed by atoms with Gasteiger partial charge in [0.25, 0.3) is 0 Å². The smallest absolute Gasteiger partial charge is 0.387 e. The lowest BCUT2D eigenvalue weighted by molar-refractivity contribution is -0.0498. The molecule has 0 aromatic heterocycles. The number of benzene rings is 3. The number of hydrogen-bond donors (Lipinski definition) is 0. The molecule has 5 rings (SSSR count). The van der Waals surface area contributed by atoms with Crippen LogP contribution >= 0.6 is 0 Å². The van der Waals surface area contributed by atoms with Crippen molar-refractivity contribution >= 4 is 38.4 Å². The lowest BCUT2D eigenvalue weighted by Crippen LogP contribution is -2.22. The normalized spacial score (nSPS) is 20.2. The first-order chi connectivity index (χ1) is 17.9. The molecule has 0 aliphatic carbocycles. The SMILES string of the molecule is C=C1N(c2cccc(OC(F)F)c2)c2ccc(C(=O)C[C@]3(C)CCS(=O)(=O)C3)cc2N1c1ccc(F)cc1. The van der Waals surface area contributed by atoms with E-state index in [0.717, 1.165) is 0 Å². The molecule has 1 fully saturated rings. The fraction of sp³-hybridized carbons (Fsp3) is 0.250. The Morgan fingerprint density at radius 2 is 1.74 bits per heavy atom. The number of ketones is 1. The zero-order valence-electron chi connectivity index (χ0n) is 20.5. The van der Waals surface area contributed by atoms with Crippen LogP contribution in [0.5, 0.6) is 5.75 Å². The summed E-state index contributed by atoms with van der Waals surface area (Å²) in [4.78, 5) is 16.8. The predicted molar refractivity (Wildman–Crippen MR) is 140 cm³/mol. The van der Waals surface area contributed by atoms with E-state index in [4.69, 9.17) is 0 Å². The van der Waals surface area contributed by atoms with Crippen molar-refractivity contribution in [3.8, 4) is 5.75 Å². The van der Waals surface area contributed by atoms with E-state index < -0.39 is 27.7 Å². The number of Topliss-reactive ketones (excluding diaryl/α,β-unsaturated/α-hetero) is 1. The highest BCUT2D eigenvalue weighted by molar-refractivity contribution is 7.91. The van der Waals surface area contributed by atoms with Crippen molar-refractivity contribution in [3.63, 3.8) is 0 Å². The second kappa shape index (κ2) is 9.50. The standard InChI is InChI=1S/C28H25F3N2O4S/c1-18-32(21-9-7-20(29)8-10-21)25-14-19(26(34)16-28(2)12-13-38(35,36)17-28)6-11-24(25)33(18)22-4-3-5-23(15-22)37-27(30)31/h3-11,14-15,27H,1,12-13,16-17H2,2H3/t28-/m0/s1. The van der Waals surface area contributed by atoms with Gasteiger partial charge in [-0.25, -0.2) is 12.8 Å². The van der Waals surface area contributed by atoms with Gasteiger partial charge in [0, 0.05) is 23.7 Å². The molecule has 0 radical (unpaired) electrons. The Kier molecular flexibility index (Phi) is 6.46. The van der Waals surface area contributed by atoms with Gasteiger partial charge in [0.05, 0.1) is 28.6 Å². The number of alkyl halides is 2. The van der Waals surface area contributed by atoms with Crippen molar-refractivity contribution in [1.82, 2.24) is 0 Å². The number of fused-ring (bicyclic) bond motifs is 1. The Bertz CT molecular complexity index is 1530. The number of sulfone groups is 1. The Labute approximate surface area is 218 Å². The summed E-state index contributed by atoms with van der Waals surface area (Å²) in [7, 11) is -3.16. The van der Waals surface area contributed by atoms with Crippen molar-refractivity contribution in [2.45, 2.75) is 26.4 Å². The first kappa shape index (κ1) is 25.8. The van der Waals surface area contributed by atoms with E-state index in [9.17, 15) is 26.4 Å². The van der Waals surface area contributed by atoms with Crippen LogP contribution in [-0.4, -0.2) is 32.3 Å². The number of rotatable bonds is 7. The van der Waals surface area contributed by atoms with Gasteiger partial charge >= 0.3 is 6.61 Å². The summed E-state index contributed by atoms with van der Waals surface area (Å²) in [5, 5.41) is 0. The lowest BCUT2D eigenvalue weighted by Gasteiger charge is -2.25. The fourth-order valence-electron chi connectivity index (χ4n) is 5.11. The summed E-state index contributed by atoms with van der Waals surface area (Å²) in [5.74, 6) is -0.167. The van der Waals surface area contributed by atoms with Crippen LogP contribution in [0.2, 0.25) is 0 Å². The average molecular weight is 543 g/mol. The summed E-state index contributed by atoms with van der Waals surface area (Å²) in [6, 6.07) is 17.0. The van der Waals surface area contributed by atoms with Gasteiger partial charge in [-0.3, -0.25) is 14.6 Å². The Balaban J connectivity index is 1.55. The topological polar surface area (TPSA) is 66.9 Å². The van der Waals surface area contributed by atoms with Crippen LogP contribution in [0.3, 0.4) is 0 Å². The van der Waals surface area contributed by atoms with E-state index in [-0.39, 0.29) is 29.5 Å². The van der Waals surface area contributed by atoms with Crippen molar-refractivity contribution in [3.05, 3.63) is 90.5 Å². The number of carbonyl (C=O) groups is 1. The zero-order chi connectivity index (χ0) is 27.2. The summed E-state index contributed by atoms with van der Waals surface area (Å²) >= 11 is 0. The molecule has 0 N–H and O–H groups in total. The fourth-order valence-corrected chi connectivity index (χ4v) is 7.37. The molecule has 0 unspecified atom stereocenters. The maximum atomic E-state index is 13.7. The van der Waals surface area contributed by atoms with E-state index >= 15 is 0 Å². The molecule has 0 saturated carbocycles. The van der Waals surface area contributed by atoms with Crippen molar-refractivity contribution in [1.29, 1.82) is 0 Å². The van der Waals surface area contributed by atoms with Crippen molar-refractivity contribution < 1.29 is 31.1 Å². The highest BCUT2D eigenvalue weighted by atomic mass is 32.2. The first-order valence-electron chi connectivity index (χ1n) is 11.9. The van der Waals surface area contributed by atoms with Gasteiger partial charge in [-0.1, -0.05) is 19.6 Å². The third kappa shape index (κ3) is 5.00. The van der Waals surface area contributed by atoms with Gasteiger partial charge in [-0.05, 0) is 66.4 Å². The third-order valence-electron chi connectivity index (χ3n) is 6.85. The summed E-state index contributed by atoms with van der Waals surface area (Å²) in [5.41, 5.74) is 2.05. The van der Waals surface area contributed by atoms with Gasteiger partial charge in [0.1, 0.15) is 17.4 Å². The first-order valence-corrected chi connectivity index (χ1v) is 13.7. The summed E-state index contributed by atoms with van der Waals surface area (Å²) < 4.78 is 68.0. The molecule has 6 nitrogen and oxygen atoms in total. The monoisotopic (exact) mass is 542 g/mol. The molecule has 198 valence electrons. The minimum absolute atomic E-state index is 0.0278. The number of nitrogens with zero attached hydrogens (tertiary/aromatic N) is 2. The molecule has 0 spiro atoms. The van der Waals surface area contributed by atoms with Gasteiger partial charge in [-0.15, -0.1) is 0 Å². The van der Waals surface area contributed by atoms with Crippen LogP contribution in [0.15, 0.2) is 79.1 Å². The molecule has 1 atom stereocenters. The zero-order valence-corrected chi connectivity index (χ0v) is 21.3. The Hall–Kier alpha value is -3.79. The summed E-state index contributed by atoms with van der Waals surface area (Å²) in [6.07, 6.45) is 0.509. The van der Waals surface area contributed by atoms with E-state index in [1.807, 2.05) is 6.92 Å². The van der Waals surface area contributed by atoms with Crippen molar-refractivity contribution in [2.75, 3.05) is 21.3 Å². The number of anilines is 4. The van der Waals surface area contributed by atoms with E-state index in [2.05, 4.69) is 11.3 Å². The molecule has 10 heteroatoms. The van der Waals surface area contributed by atoms with Crippen LogP contribution in [0, 0.1) is 11.2 Å². The molecular formula is C28H25F3N2O4S. The van der Waals surface area contributed by atoms with Gasteiger partial charge in [0.2, 0.25) is 0 Å². The minimum Gasteiger partial charge on any atom is -0.435 e. The molecule has 2 aliphatic heterocycles. The maximum absolute atomic E-state index is 13.7. The van der Waals surface area contributed by atoms with Crippen LogP contribution in [0.4, 0.5) is 35.9 Å². The molecule has 38 heavy (non-hydrogen) atoms. The van der Waals surface area contributed by atoms with E-state index in [1.165, 1.54) is 24.3 Å². The van der Waals surface area contributed by atoms with Gasteiger partial charge in [0.15, 0.2) is 15.6 Å². The lowest BCUT2D eigenvalue weighted by atomic mass is 9.83. The Morgan fingerprint density at radius 1 is 1.03 bits per heavy atom. The minimum atomic E-state index is -3.16. The van der Waals surface area contributed by atoms with Gasteiger partial charge in [-0.2, -0.15) is 8.78 Å². The molecule has 0 bridgehead atoms. The van der Waals surface area contributed by atoms with Gasteiger partial charge < -0.3 is 4.74 Å². The molecule has 2 heterocycles. The Morgan fingerprint density at radius 3 is 2.39 bits per heavy atom. The maximum Gasteiger partial charge on any atom is 0.387 e. The number of hydrogen-bond acceptors (Lipinski definition) is 6. The van der Waals surface area contributed by atoms with Crippen LogP contribution < -0.4 is 14.5 Å².